The van der Waals surface area contributed by atoms with Crippen molar-refractivity contribution < 1.29 is 13.0 Å². The summed E-state index contributed by atoms with van der Waals surface area (Å²) in [5.74, 6) is -0.618. The summed E-state index contributed by atoms with van der Waals surface area (Å²) in [5, 5.41) is 0. The molecule has 0 radical (unpaired) electrons. The zero-order valence-corrected chi connectivity index (χ0v) is 4.35. The van der Waals surface area contributed by atoms with E-state index < -0.39 is 16.0 Å². The van der Waals surface area contributed by atoms with E-state index in [-0.39, 0.29) is 0 Å². The monoisotopic (exact) mass is 123 g/mol. The summed E-state index contributed by atoms with van der Waals surface area (Å²) >= 11 is 0. The predicted octanol–water partition coefficient (Wildman–Crippen LogP) is -0.468. The van der Waals surface area contributed by atoms with Crippen molar-refractivity contribution in [1.29, 1.82) is 0 Å². The second kappa shape index (κ2) is 2.04. The highest BCUT2D eigenvalue weighted by Crippen LogP contribution is 1.77. The van der Waals surface area contributed by atoms with Gasteiger partial charge in [0, 0.05) is 0 Å². The maximum atomic E-state index is 9.65. The Labute approximate surface area is 41.6 Å². The molecule has 0 rings (SSSR count). The van der Waals surface area contributed by atoms with Gasteiger partial charge in [0.05, 0.1) is 0 Å². The largest absolute Gasteiger partial charge is 0.285 e. The molecule has 0 spiro atoms. The van der Waals surface area contributed by atoms with E-state index >= 15 is 0 Å². The molecule has 0 heterocycles. The molecule has 1 N–H and O–H groups in total. The smallest absolute Gasteiger partial charge is 0.284 e. The molecular weight excluding hydrogens is 118 g/mol. The highest BCUT2D eigenvalue weighted by molar-refractivity contribution is 7.85. The molecule has 0 aromatic carbocycles. The molecular formula is C2H5NO3S. The van der Waals surface area contributed by atoms with Crippen molar-refractivity contribution in [2.75, 3.05) is 5.88 Å². The number of aliphatic imine (C=N–C) groups is 1. The van der Waals surface area contributed by atoms with E-state index in [4.69, 9.17) is 4.55 Å². The third-order valence-corrected chi connectivity index (χ3v) is 0.763. The van der Waals surface area contributed by atoms with Crippen LogP contribution in [0.4, 0.5) is 0 Å². The lowest BCUT2D eigenvalue weighted by atomic mass is 11.4. The third kappa shape index (κ3) is 5.58. The lowest BCUT2D eigenvalue weighted by molar-refractivity contribution is 0.484. The molecule has 42 valence electrons. The van der Waals surface area contributed by atoms with Gasteiger partial charge in [-0.2, -0.15) is 8.42 Å². The van der Waals surface area contributed by atoms with Gasteiger partial charge in [-0.25, -0.2) is 0 Å². The molecule has 0 aliphatic carbocycles. The van der Waals surface area contributed by atoms with Crippen LogP contribution in [0.1, 0.15) is 0 Å². The number of rotatable bonds is 2. The van der Waals surface area contributed by atoms with E-state index in [1.165, 1.54) is 0 Å². The van der Waals surface area contributed by atoms with Crippen molar-refractivity contribution in [3.05, 3.63) is 0 Å². The van der Waals surface area contributed by atoms with Crippen LogP contribution in [0.3, 0.4) is 0 Å². The fourth-order valence-corrected chi connectivity index (χ4v) is 0.346. The quantitative estimate of drug-likeness (QED) is 0.399. The van der Waals surface area contributed by atoms with Crippen molar-refractivity contribution in [2.45, 2.75) is 0 Å². The van der Waals surface area contributed by atoms with E-state index in [9.17, 15) is 8.42 Å². The molecule has 0 atom stereocenters. The molecule has 0 aromatic rings. The minimum absolute atomic E-state index is 0.618. The average molecular weight is 123 g/mol. The Hall–Kier alpha value is -0.420. The molecule has 0 aliphatic heterocycles. The van der Waals surface area contributed by atoms with Crippen LogP contribution in [0.5, 0.6) is 0 Å². The Morgan fingerprint density at radius 1 is 1.71 bits per heavy atom. The summed E-state index contributed by atoms with van der Waals surface area (Å²) in [6, 6.07) is 0. The van der Waals surface area contributed by atoms with E-state index in [0.29, 0.717) is 0 Å². The Balaban J connectivity index is 3.84. The van der Waals surface area contributed by atoms with E-state index in [0.717, 1.165) is 0 Å². The maximum absolute atomic E-state index is 9.65. The molecule has 7 heavy (non-hydrogen) atoms. The molecule has 0 bridgehead atoms. The van der Waals surface area contributed by atoms with E-state index in [2.05, 4.69) is 11.7 Å². The minimum Gasteiger partial charge on any atom is -0.284 e. The molecule has 4 nitrogen and oxygen atoms in total. The predicted molar refractivity (Wildman–Crippen MR) is 26.0 cm³/mol. The minimum atomic E-state index is -3.90. The summed E-state index contributed by atoms with van der Waals surface area (Å²) in [6.07, 6.45) is 0. The molecule has 0 saturated carbocycles. The fraction of sp³-hybridized carbons (Fsp3) is 0.500. The van der Waals surface area contributed by atoms with Crippen molar-refractivity contribution >= 4 is 16.8 Å². The van der Waals surface area contributed by atoms with Gasteiger partial charge in [0.25, 0.3) is 10.1 Å². The van der Waals surface area contributed by atoms with E-state index in [1.54, 1.807) is 0 Å². The van der Waals surface area contributed by atoms with Crippen LogP contribution >= 0.6 is 0 Å². The lowest BCUT2D eigenvalue weighted by Crippen LogP contribution is -1.99. The van der Waals surface area contributed by atoms with Crippen molar-refractivity contribution in [3.8, 4) is 0 Å². The van der Waals surface area contributed by atoms with Crippen molar-refractivity contribution in [2.24, 2.45) is 4.99 Å². The molecule has 0 saturated heterocycles. The Morgan fingerprint density at radius 3 is 2.14 bits per heavy atom. The second-order valence-corrected chi connectivity index (χ2v) is 2.36. The van der Waals surface area contributed by atoms with Crippen LogP contribution in [0.2, 0.25) is 0 Å². The maximum Gasteiger partial charge on any atom is 0.285 e. The first-order valence-corrected chi connectivity index (χ1v) is 3.05. The topological polar surface area (TPSA) is 66.7 Å². The number of nitrogens with zero attached hydrogens (tertiary/aromatic N) is 1. The summed E-state index contributed by atoms with van der Waals surface area (Å²) < 4.78 is 27.2. The molecule has 5 heteroatoms. The first-order valence-electron chi connectivity index (χ1n) is 1.44. The zero-order valence-electron chi connectivity index (χ0n) is 3.53. The molecule has 0 aromatic heterocycles. The van der Waals surface area contributed by atoms with Gasteiger partial charge in [0.2, 0.25) is 0 Å². The Kier molecular flexibility index (Phi) is 1.91. The van der Waals surface area contributed by atoms with Crippen molar-refractivity contribution in [3.63, 3.8) is 0 Å². The van der Waals surface area contributed by atoms with Gasteiger partial charge in [0.1, 0.15) is 0 Å². The summed E-state index contributed by atoms with van der Waals surface area (Å²) in [5.41, 5.74) is 0. The highest BCUT2D eigenvalue weighted by Gasteiger charge is 1.97. The SMILES string of the molecule is C=NCS(=O)(=O)O. The Morgan fingerprint density at radius 2 is 2.14 bits per heavy atom. The van der Waals surface area contributed by atoms with Crippen LogP contribution in [0.15, 0.2) is 4.99 Å². The van der Waals surface area contributed by atoms with Crippen LogP contribution < -0.4 is 0 Å². The fourth-order valence-electron chi connectivity index (χ4n) is 0.115. The highest BCUT2D eigenvalue weighted by atomic mass is 32.2. The number of hydrogen-bond acceptors (Lipinski definition) is 3. The van der Waals surface area contributed by atoms with Gasteiger partial charge in [-0.3, -0.25) is 9.55 Å². The van der Waals surface area contributed by atoms with Gasteiger partial charge < -0.3 is 0 Å². The summed E-state index contributed by atoms with van der Waals surface area (Å²) in [7, 11) is -3.90. The first-order chi connectivity index (χ1) is 3.06. The zero-order chi connectivity index (χ0) is 5.91. The van der Waals surface area contributed by atoms with Crippen LogP contribution in [-0.2, 0) is 10.1 Å². The summed E-state index contributed by atoms with van der Waals surface area (Å²) in [6.45, 7) is 2.86. The van der Waals surface area contributed by atoms with Gasteiger partial charge in [-0.15, -0.1) is 0 Å². The molecule has 0 amide bonds. The molecule has 0 fully saturated rings. The second-order valence-electron chi connectivity index (χ2n) is 0.935. The average Bonchev–Trinajstić information content (AvgIpc) is 1.30. The van der Waals surface area contributed by atoms with Gasteiger partial charge >= 0.3 is 0 Å². The normalized spacial score (nSPS) is 11.0. The molecule has 0 unspecified atom stereocenters. The standard InChI is InChI=1S/C2H5NO3S/c1-3-2-7(4,5)6/h1-2H2,(H,4,5,6). The van der Waals surface area contributed by atoms with Crippen LogP contribution in [-0.4, -0.2) is 25.6 Å². The Bertz CT molecular complexity index is 146. The van der Waals surface area contributed by atoms with E-state index in [1.807, 2.05) is 0 Å². The van der Waals surface area contributed by atoms with Crippen LogP contribution in [0.25, 0.3) is 0 Å². The van der Waals surface area contributed by atoms with Gasteiger partial charge in [-0.05, 0) is 6.72 Å². The summed E-state index contributed by atoms with van der Waals surface area (Å²) in [4.78, 5) is 2.92. The number of hydrogen-bond donors (Lipinski definition) is 1. The third-order valence-electron chi connectivity index (χ3n) is 0.254. The lowest BCUT2D eigenvalue weighted by Gasteiger charge is -1.82. The van der Waals surface area contributed by atoms with Gasteiger partial charge in [-0.1, -0.05) is 0 Å². The van der Waals surface area contributed by atoms with Gasteiger partial charge in [0.15, 0.2) is 5.88 Å². The first kappa shape index (κ1) is 6.58. The van der Waals surface area contributed by atoms with Crippen molar-refractivity contribution in [1.82, 2.24) is 0 Å². The van der Waals surface area contributed by atoms with Crippen LogP contribution in [0, 0.1) is 0 Å². The molecule has 0 aliphatic rings.